The predicted octanol–water partition coefficient (Wildman–Crippen LogP) is 7.00. The molecule has 0 aliphatic heterocycles. The summed E-state index contributed by atoms with van der Waals surface area (Å²) >= 11 is 0. The summed E-state index contributed by atoms with van der Waals surface area (Å²) < 4.78 is 24.1. The number of benzene rings is 3. The second kappa shape index (κ2) is 12.1. The minimum atomic E-state index is -0.555. The molecule has 3 aromatic carbocycles. The summed E-state index contributed by atoms with van der Waals surface area (Å²) in [5, 5.41) is 3.43. The van der Waals surface area contributed by atoms with Crippen LogP contribution in [0.5, 0.6) is 5.75 Å². The number of rotatable bonds is 7. The van der Waals surface area contributed by atoms with E-state index in [4.69, 9.17) is 14.5 Å². The van der Waals surface area contributed by atoms with E-state index in [-0.39, 0.29) is 23.7 Å². The van der Waals surface area contributed by atoms with Crippen LogP contribution in [0.3, 0.4) is 0 Å². The minimum Gasteiger partial charge on any atom is -0.497 e. The first-order chi connectivity index (χ1) is 20.1. The van der Waals surface area contributed by atoms with Crippen LogP contribution in [0.15, 0.2) is 72.8 Å². The molecule has 0 fully saturated rings. The first-order valence-corrected chi connectivity index (χ1v) is 14.1. The zero-order chi connectivity index (χ0) is 29.9. The fourth-order valence-corrected chi connectivity index (χ4v) is 5.33. The Labute approximate surface area is 245 Å². The van der Waals surface area contributed by atoms with Gasteiger partial charge in [-0.25, -0.2) is 14.2 Å². The average Bonchev–Trinajstić information content (AvgIpc) is 2.98. The fourth-order valence-electron chi connectivity index (χ4n) is 5.33. The number of aromatic nitrogens is 1. The van der Waals surface area contributed by atoms with Crippen LogP contribution >= 0.6 is 0 Å². The Hall–Kier alpha value is -4.52. The van der Waals surface area contributed by atoms with Gasteiger partial charge < -0.3 is 14.8 Å². The lowest BCUT2D eigenvalue weighted by atomic mass is 9.69. The number of pyridine rings is 1. The van der Waals surface area contributed by atoms with Crippen molar-refractivity contribution in [3.63, 3.8) is 0 Å². The standard InChI is InChI=1S/C35H35FN2O4/c1-35(2,3)25-18-24(17-22-11-15-27(41-4)16-12-22)33-29(19-25)32(28-7-5-6-8-30(28)38-33)34(40)42-21-31(39)37-20-23-9-13-26(36)14-10-23/h5-17,25H,18-21H2,1-4H3,(H,37,39)/b24-17+/t25-/m1/s1. The van der Waals surface area contributed by atoms with Gasteiger partial charge in [-0.1, -0.05) is 63.2 Å². The van der Waals surface area contributed by atoms with E-state index in [1.165, 1.54) is 12.1 Å². The number of para-hydroxylation sites is 1. The van der Waals surface area contributed by atoms with Crippen LogP contribution in [0.4, 0.5) is 4.39 Å². The molecule has 1 amide bonds. The van der Waals surface area contributed by atoms with Crippen molar-refractivity contribution in [2.75, 3.05) is 13.7 Å². The van der Waals surface area contributed by atoms with E-state index in [1.54, 1.807) is 19.2 Å². The fraction of sp³-hybridized carbons (Fsp3) is 0.286. The molecule has 42 heavy (non-hydrogen) atoms. The first-order valence-electron chi connectivity index (χ1n) is 14.1. The maximum Gasteiger partial charge on any atom is 0.339 e. The number of ether oxygens (including phenoxy) is 2. The van der Waals surface area contributed by atoms with Crippen LogP contribution in [0, 0.1) is 17.2 Å². The van der Waals surface area contributed by atoms with Crippen LogP contribution in [-0.4, -0.2) is 30.6 Å². The Balaban J connectivity index is 1.48. The van der Waals surface area contributed by atoms with E-state index < -0.39 is 18.5 Å². The summed E-state index contributed by atoms with van der Waals surface area (Å²) in [7, 11) is 1.64. The molecule has 1 N–H and O–H groups in total. The normalized spacial score (nSPS) is 15.7. The Morgan fingerprint density at radius 2 is 1.71 bits per heavy atom. The summed E-state index contributed by atoms with van der Waals surface area (Å²) in [6.07, 6.45) is 3.61. The van der Waals surface area contributed by atoms with Crippen molar-refractivity contribution in [1.29, 1.82) is 0 Å². The van der Waals surface area contributed by atoms with Crippen LogP contribution in [0.25, 0.3) is 22.6 Å². The molecule has 0 radical (unpaired) electrons. The molecule has 1 heterocycles. The number of methoxy groups -OCH3 is 1. The van der Waals surface area contributed by atoms with Crippen molar-refractivity contribution in [1.82, 2.24) is 10.3 Å². The molecule has 6 nitrogen and oxygen atoms in total. The molecule has 1 atom stereocenters. The summed E-state index contributed by atoms with van der Waals surface area (Å²) in [5.74, 6) is -0.303. The highest BCUT2D eigenvalue weighted by Crippen LogP contribution is 2.45. The van der Waals surface area contributed by atoms with Crippen LogP contribution in [-0.2, 0) is 22.5 Å². The predicted molar refractivity (Wildman–Crippen MR) is 162 cm³/mol. The number of allylic oxidation sites excluding steroid dienone is 1. The molecule has 0 saturated heterocycles. The second-order valence-electron chi connectivity index (χ2n) is 11.7. The second-order valence-corrected chi connectivity index (χ2v) is 11.7. The lowest BCUT2D eigenvalue weighted by Crippen LogP contribution is -2.30. The number of halogens is 1. The van der Waals surface area contributed by atoms with Gasteiger partial charge in [0.25, 0.3) is 5.91 Å². The highest BCUT2D eigenvalue weighted by molar-refractivity contribution is 6.07. The number of hydrogen-bond donors (Lipinski definition) is 1. The molecule has 216 valence electrons. The van der Waals surface area contributed by atoms with Crippen molar-refractivity contribution in [2.24, 2.45) is 11.3 Å². The van der Waals surface area contributed by atoms with E-state index >= 15 is 0 Å². The first kappa shape index (κ1) is 29.0. The summed E-state index contributed by atoms with van der Waals surface area (Å²) in [4.78, 5) is 31.3. The van der Waals surface area contributed by atoms with E-state index in [2.05, 4.69) is 32.2 Å². The smallest absolute Gasteiger partial charge is 0.339 e. The maximum atomic E-state index is 13.7. The number of fused-ring (bicyclic) bond motifs is 2. The molecule has 5 rings (SSSR count). The summed E-state index contributed by atoms with van der Waals surface area (Å²) in [5.41, 5.74) is 5.57. The molecule has 4 aromatic rings. The largest absolute Gasteiger partial charge is 0.497 e. The molecular weight excluding hydrogens is 531 g/mol. The zero-order valence-corrected chi connectivity index (χ0v) is 24.4. The maximum absolute atomic E-state index is 13.7. The van der Waals surface area contributed by atoms with Crippen molar-refractivity contribution in [3.8, 4) is 5.75 Å². The molecule has 0 bridgehead atoms. The highest BCUT2D eigenvalue weighted by Gasteiger charge is 2.35. The van der Waals surface area contributed by atoms with Crippen molar-refractivity contribution in [3.05, 3.63) is 107 Å². The van der Waals surface area contributed by atoms with E-state index in [9.17, 15) is 14.0 Å². The van der Waals surface area contributed by atoms with Gasteiger partial charge >= 0.3 is 5.97 Å². The molecule has 1 aliphatic rings. The number of amides is 1. The SMILES string of the molecule is COc1ccc(/C=C2\C[C@@H](C(C)(C)C)Cc3c2nc2ccccc2c3C(=O)OCC(=O)NCc2ccc(F)cc2)cc1. The van der Waals surface area contributed by atoms with Crippen molar-refractivity contribution >= 4 is 34.4 Å². The molecule has 0 unspecified atom stereocenters. The quantitative estimate of drug-likeness (QED) is 0.244. The molecule has 1 aliphatic carbocycles. The molecule has 0 spiro atoms. The monoisotopic (exact) mass is 566 g/mol. The van der Waals surface area contributed by atoms with Gasteiger partial charge in [0.05, 0.1) is 23.9 Å². The molecule has 7 heteroatoms. The van der Waals surface area contributed by atoms with Gasteiger partial charge in [0.15, 0.2) is 6.61 Å². The summed E-state index contributed by atoms with van der Waals surface area (Å²) in [6, 6.07) is 21.3. The number of carbonyl (C=O) groups is 2. The van der Waals surface area contributed by atoms with Crippen LogP contribution in [0.2, 0.25) is 0 Å². The van der Waals surface area contributed by atoms with E-state index in [1.807, 2.05) is 48.5 Å². The summed E-state index contributed by atoms with van der Waals surface area (Å²) in [6.45, 7) is 6.42. The van der Waals surface area contributed by atoms with Gasteiger partial charge in [0.1, 0.15) is 11.6 Å². The Morgan fingerprint density at radius 3 is 2.40 bits per heavy atom. The number of carbonyl (C=O) groups excluding carboxylic acids is 2. The third-order valence-corrected chi connectivity index (χ3v) is 7.84. The highest BCUT2D eigenvalue weighted by atomic mass is 19.1. The average molecular weight is 567 g/mol. The lowest BCUT2D eigenvalue weighted by molar-refractivity contribution is -0.124. The van der Waals surface area contributed by atoms with Gasteiger partial charge in [-0.3, -0.25) is 4.79 Å². The van der Waals surface area contributed by atoms with Gasteiger partial charge in [0, 0.05) is 11.9 Å². The Kier molecular flexibility index (Phi) is 8.39. The van der Waals surface area contributed by atoms with E-state index in [0.717, 1.165) is 40.1 Å². The number of nitrogens with one attached hydrogen (secondary N) is 1. The third kappa shape index (κ3) is 6.51. The number of esters is 1. The minimum absolute atomic E-state index is 0.0241. The lowest BCUT2D eigenvalue weighted by Gasteiger charge is -2.36. The van der Waals surface area contributed by atoms with Gasteiger partial charge in [-0.2, -0.15) is 0 Å². The number of hydrogen-bond acceptors (Lipinski definition) is 5. The van der Waals surface area contributed by atoms with Crippen LogP contribution in [0.1, 0.15) is 59.9 Å². The van der Waals surface area contributed by atoms with Gasteiger partial charge in [-0.15, -0.1) is 0 Å². The van der Waals surface area contributed by atoms with Crippen molar-refractivity contribution < 1.29 is 23.5 Å². The molecule has 0 saturated carbocycles. The molecular formula is C35H35FN2O4. The third-order valence-electron chi connectivity index (χ3n) is 7.84. The van der Waals surface area contributed by atoms with Crippen molar-refractivity contribution in [2.45, 2.75) is 40.2 Å². The Bertz CT molecular complexity index is 1640. The number of nitrogens with zero attached hydrogens (tertiary/aromatic N) is 1. The van der Waals surface area contributed by atoms with Gasteiger partial charge in [-0.05, 0) is 82.8 Å². The topological polar surface area (TPSA) is 77.5 Å². The van der Waals surface area contributed by atoms with Crippen LogP contribution < -0.4 is 10.1 Å². The Morgan fingerprint density at radius 1 is 1.00 bits per heavy atom. The zero-order valence-electron chi connectivity index (χ0n) is 24.4. The van der Waals surface area contributed by atoms with Gasteiger partial charge in [0.2, 0.25) is 0 Å². The molecule has 1 aromatic heterocycles. The van der Waals surface area contributed by atoms with E-state index in [0.29, 0.717) is 22.9 Å².